The van der Waals surface area contributed by atoms with E-state index in [-0.39, 0.29) is 12.0 Å². The zero-order chi connectivity index (χ0) is 17.5. The normalized spacial score (nSPS) is 22.4. The molecule has 0 aliphatic carbocycles. The van der Waals surface area contributed by atoms with Crippen molar-refractivity contribution in [2.75, 3.05) is 26.7 Å². The van der Waals surface area contributed by atoms with Crippen LogP contribution in [0.4, 0.5) is 4.39 Å². The van der Waals surface area contributed by atoms with Gasteiger partial charge in [0.2, 0.25) is 0 Å². The number of hydrogen-bond donors (Lipinski definition) is 0. The molecule has 0 aromatic carbocycles. The van der Waals surface area contributed by atoms with Crippen LogP contribution in [0.3, 0.4) is 0 Å². The van der Waals surface area contributed by atoms with Gasteiger partial charge in [0.15, 0.2) is 0 Å². The van der Waals surface area contributed by atoms with Crippen LogP contribution in [0.1, 0.15) is 25.1 Å². The van der Waals surface area contributed by atoms with Gasteiger partial charge >= 0.3 is 0 Å². The van der Waals surface area contributed by atoms with Gasteiger partial charge < -0.3 is 9.47 Å². The van der Waals surface area contributed by atoms with E-state index in [2.05, 4.69) is 26.9 Å². The highest BCUT2D eigenvalue weighted by molar-refractivity contribution is 4.96. The van der Waals surface area contributed by atoms with Crippen LogP contribution in [-0.4, -0.2) is 58.2 Å². The molecule has 1 aromatic heterocycles. The Kier molecular flexibility index (Phi) is 6.72. The molecule has 6 nitrogen and oxygen atoms in total. The van der Waals surface area contributed by atoms with E-state index in [1.54, 1.807) is 6.20 Å². The van der Waals surface area contributed by atoms with Gasteiger partial charge in [-0.05, 0) is 19.9 Å². The van der Waals surface area contributed by atoms with Gasteiger partial charge in [-0.25, -0.2) is 9.37 Å². The molecule has 0 bridgehead atoms. The SMILES string of the molecule is CN(CC(C#N)CCC#N)C[C@@H]1C[C@H](F)CN1Cc1nccn1C. The highest BCUT2D eigenvalue weighted by Gasteiger charge is 2.33. The van der Waals surface area contributed by atoms with Crippen LogP contribution in [0, 0.1) is 28.6 Å². The summed E-state index contributed by atoms with van der Waals surface area (Å²) in [7, 11) is 3.90. The number of nitriles is 2. The number of hydrogen-bond acceptors (Lipinski definition) is 5. The summed E-state index contributed by atoms with van der Waals surface area (Å²) >= 11 is 0. The first kappa shape index (κ1) is 18.4. The first-order valence-electron chi connectivity index (χ1n) is 8.33. The number of imidazole rings is 1. The van der Waals surface area contributed by atoms with Crippen molar-refractivity contribution in [3.8, 4) is 12.1 Å². The molecule has 3 atom stereocenters. The Bertz CT molecular complexity index is 601. The monoisotopic (exact) mass is 332 g/mol. The van der Waals surface area contributed by atoms with Crippen LogP contribution in [-0.2, 0) is 13.6 Å². The Balaban J connectivity index is 1.90. The summed E-state index contributed by atoms with van der Waals surface area (Å²) in [4.78, 5) is 8.55. The lowest BCUT2D eigenvalue weighted by atomic mass is 10.0. The summed E-state index contributed by atoms with van der Waals surface area (Å²) in [5, 5.41) is 17.8. The Morgan fingerprint density at radius 2 is 2.29 bits per heavy atom. The zero-order valence-corrected chi connectivity index (χ0v) is 14.4. The average Bonchev–Trinajstić information content (AvgIpc) is 3.10. The maximum Gasteiger partial charge on any atom is 0.122 e. The molecule has 0 saturated carbocycles. The minimum absolute atomic E-state index is 0.122. The molecule has 1 saturated heterocycles. The number of halogens is 1. The number of nitrogens with zero attached hydrogens (tertiary/aromatic N) is 6. The van der Waals surface area contributed by atoms with Crippen LogP contribution in [0.2, 0.25) is 0 Å². The summed E-state index contributed by atoms with van der Waals surface area (Å²) in [6, 6.07) is 4.47. The van der Waals surface area contributed by atoms with Crippen molar-refractivity contribution in [2.45, 2.75) is 38.0 Å². The third-order valence-corrected chi connectivity index (χ3v) is 4.58. The van der Waals surface area contributed by atoms with Gasteiger partial charge in [0.05, 0.1) is 24.6 Å². The quantitative estimate of drug-likeness (QED) is 0.725. The molecule has 1 unspecified atom stereocenters. The lowest BCUT2D eigenvalue weighted by molar-refractivity contribution is 0.172. The molecule has 2 rings (SSSR count). The summed E-state index contributed by atoms with van der Waals surface area (Å²) < 4.78 is 15.9. The third-order valence-electron chi connectivity index (χ3n) is 4.58. The van der Waals surface area contributed by atoms with E-state index in [1.165, 1.54) is 0 Å². The van der Waals surface area contributed by atoms with Crippen LogP contribution in [0.25, 0.3) is 0 Å². The van der Waals surface area contributed by atoms with Crippen molar-refractivity contribution < 1.29 is 4.39 Å². The molecule has 1 aromatic rings. The molecule has 0 radical (unpaired) electrons. The Morgan fingerprint density at radius 3 is 2.92 bits per heavy atom. The Labute approximate surface area is 143 Å². The maximum absolute atomic E-state index is 13.9. The average molecular weight is 332 g/mol. The molecular formula is C17H25FN6. The van der Waals surface area contributed by atoms with Gasteiger partial charge in [-0.3, -0.25) is 4.90 Å². The van der Waals surface area contributed by atoms with Crippen molar-refractivity contribution in [1.82, 2.24) is 19.4 Å². The lowest BCUT2D eigenvalue weighted by Gasteiger charge is -2.29. The minimum Gasteiger partial charge on any atom is -0.337 e. The first-order valence-corrected chi connectivity index (χ1v) is 8.33. The second kappa shape index (κ2) is 8.77. The molecule has 24 heavy (non-hydrogen) atoms. The number of aryl methyl sites for hydroxylation is 1. The molecule has 1 fully saturated rings. The largest absolute Gasteiger partial charge is 0.337 e. The molecular weight excluding hydrogens is 307 g/mol. The van der Waals surface area contributed by atoms with Gasteiger partial charge in [-0.1, -0.05) is 0 Å². The molecule has 0 N–H and O–H groups in total. The fourth-order valence-electron chi connectivity index (χ4n) is 3.28. The predicted molar refractivity (Wildman–Crippen MR) is 88.4 cm³/mol. The van der Waals surface area contributed by atoms with Crippen LogP contribution < -0.4 is 0 Å². The molecule has 1 aliphatic rings. The van der Waals surface area contributed by atoms with Crippen LogP contribution >= 0.6 is 0 Å². The topological polar surface area (TPSA) is 71.9 Å². The van der Waals surface area contributed by atoms with Gasteiger partial charge in [0.1, 0.15) is 12.0 Å². The van der Waals surface area contributed by atoms with Crippen molar-refractivity contribution in [3.63, 3.8) is 0 Å². The number of rotatable bonds is 8. The smallest absolute Gasteiger partial charge is 0.122 e. The van der Waals surface area contributed by atoms with E-state index in [0.717, 1.165) is 12.4 Å². The number of likely N-dealkylation sites (N-methyl/N-ethyl adjacent to an activating group) is 1. The fraction of sp³-hybridized carbons (Fsp3) is 0.706. The first-order chi connectivity index (χ1) is 11.5. The van der Waals surface area contributed by atoms with Crippen LogP contribution in [0.15, 0.2) is 12.4 Å². The summed E-state index contributed by atoms with van der Waals surface area (Å²) in [5.41, 5.74) is 0. The summed E-state index contributed by atoms with van der Waals surface area (Å²) in [6.07, 6.45) is 4.34. The Hall–Kier alpha value is -1.96. The van der Waals surface area contributed by atoms with Crippen molar-refractivity contribution in [2.24, 2.45) is 13.0 Å². The molecule has 0 spiro atoms. The highest BCUT2D eigenvalue weighted by atomic mass is 19.1. The number of alkyl halides is 1. The van der Waals surface area contributed by atoms with E-state index >= 15 is 0 Å². The summed E-state index contributed by atoms with van der Waals surface area (Å²) in [6.45, 7) is 2.40. The maximum atomic E-state index is 13.9. The molecule has 2 heterocycles. The van der Waals surface area contributed by atoms with E-state index in [9.17, 15) is 9.65 Å². The minimum atomic E-state index is -0.811. The van der Waals surface area contributed by atoms with E-state index in [4.69, 9.17) is 5.26 Å². The summed E-state index contributed by atoms with van der Waals surface area (Å²) in [5.74, 6) is 0.779. The third kappa shape index (κ3) is 5.02. The second-order valence-electron chi connectivity index (χ2n) is 6.61. The van der Waals surface area contributed by atoms with Crippen molar-refractivity contribution in [3.05, 3.63) is 18.2 Å². The van der Waals surface area contributed by atoms with Crippen molar-refractivity contribution >= 4 is 0 Å². The number of likely N-dealkylation sites (tertiary alicyclic amines) is 1. The predicted octanol–water partition coefficient (Wildman–Crippen LogP) is 1.71. The van der Waals surface area contributed by atoms with Crippen LogP contribution in [0.5, 0.6) is 0 Å². The van der Waals surface area contributed by atoms with Gasteiger partial charge in [0, 0.05) is 51.5 Å². The van der Waals surface area contributed by atoms with Gasteiger partial charge in [-0.15, -0.1) is 0 Å². The van der Waals surface area contributed by atoms with E-state index < -0.39 is 6.17 Å². The molecule has 0 amide bonds. The van der Waals surface area contributed by atoms with Gasteiger partial charge in [-0.2, -0.15) is 10.5 Å². The lowest BCUT2D eigenvalue weighted by Crippen LogP contribution is -2.40. The fourth-order valence-corrected chi connectivity index (χ4v) is 3.28. The van der Waals surface area contributed by atoms with E-state index in [0.29, 0.717) is 38.9 Å². The number of aromatic nitrogens is 2. The Morgan fingerprint density at radius 1 is 1.50 bits per heavy atom. The van der Waals surface area contributed by atoms with E-state index in [1.807, 2.05) is 24.9 Å². The molecule has 7 heteroatoms. The van der Waals surface area contributed by atoms with Gasteiger partial charge in [0.25, 0.3) is 0 Å². The molecule has 130 valence electrons. The molecule has 1 aliphatic heterocycles. The van der Waals surface area contributed by atoms with Crippen molar-refractivity contribution in [1.29, 1.82) is 10.5 Å². The second-order valence-corrected chi connectivity index (χ2v) is 6.61. The standard InChI is InChI=1S/C17H25FN6/c1-22(10-14(9-20)4-3-5-19)12-16-8-15(18)11-24(16)13-17-21-6-7-23(17)2/h6-7,14-16H,3-4,8,10-13H2,1-2H3/t14?,15-,16-/m0/s1. The zero-order valence-electron chi connectivity index (χ0n) is 14.4. The highest BCUT2D eigenvalue weighted by Crippen LogP contribution is 2.23.